The maximum atomic E-state index is 11.7. The standard InChI is InChI=1S/C37H44N.C8H11F3O2.Ir/c1-24-19-25(2)36-32(28-17-15-27(16-18-28)26-11-7-6-8-12-26)23-34(38-35(36)20-24)30-21-29-13-9-10-14-31(29)33(22-30)37(3,4)5;1-5(2)3-6(12)4-7(13)8(9,10)11;/h9-10,13-14,19-20,22-23,26-28H,6-8,11-12,15-18H2,1-5H3;4-5,13H,3H2,1-2H3;/q-1;;/b;7-4-;. The van der Waals surface area contributed by atoms with Gasteiger partial charge in [0.05, 0.1) is 5.52 Å². The first-order valence-corrected chi connectivity index (χ1v) is 18.9. The number of nitrogens with zero attached hydrogens (tertiary/aromatic N) is 1. The van der Waals surface area contributed by atoms with E-state index in [2.05, 4.69) is 89.2 Å². The molecule has 0 aliphatic heterocycles. The molecule has 2 aliphatic carbocycles. The van der Waals surface area contributed by atoms with E-state index in [0.717, 1.165) is 28.6 Å². The summed E-state index contributed by atoms with van der Waals surface area (Å²) in [6.45, 7) is 14.8. The van der Waals surface area contributed by atoms with E-state index in [1.165, 1.54) is 96.2 Å². The topological polar surface area (TPSA) is 50.2 Å². The van der Waals surface area contributed by atoms with Crippen LogP contribution in [0.3, 0.4) is 0 Å². The molecule has 7 heteroatoms. The Balaban J connectivity index is 0.000000372. The van der Waals surface area contributed by atoms with Crippen molar-refractivity contribution in [3.63, 3.8) is 0 Å². The molecule has 1 N–H and O–H groups in total. The van der Waals surface area contributed by atoms with Gasteiger partial charge in [0.15, 0.2) is 5.78 Å². The second kappa shape index (κ2) is 17.4. The third kappa shape index (κ3) is 10.3. The summed E-state index contributed by atoms with van der Waals surface area (Å²) in [4.78, 5) is 16.1. The van der Waals surface area contributed by atoms with Crippen LogP contribution in [-0.2, 0) is 30.3 Å². The summed E-state index contributed by atoms with van der Waals surface area (Å²) >= 11 is 0. The van der Waals surface area contributed by atoms with E-state index in [1.54, 1.807) is 13.8 Å². The zero-order valence-electron chi connectivity index (χ0n) is 31.8. The van der Waals surface area contributed by atoms with Gasteiger partial charge in [-0.15, -0.1) is 29.1 Å². The molecule has 3 aromatic carbocycles. The monoisotopic (exact) mass is 891 g/mol. The molecule has 0 atom stereocenters. The Bertz CT molecular complexity index is 1870. The van der Waals surface area contributed by atoms with Gasteiger partial charge >= 0.3 is 6.18 Å². The number of ketones is 1. The molecule has 2 fully saturated rings. The van der Waals surface area contributed by atoms with Crippen LogP contribution in [0.15, 0.2) is 60.4 Å². The Morgan fingerprint density at radius 3 is 2.17 bits per heavy atom. The second-order valence-electron chi connectivity index (χ2n) is 16.6. The molecule has 3 nitrogen and oxygen atoms in total. The summed E-state index contributed by atoms with van der Waals surface area (Å²) in [6.07, 6.45) is 8.16. The first kappa shape index (κ1) is 41.7. The van der Waals surface area contributed by atoms with Gasteiger partial charge in [0.1, 0.15) is 0 Å². The molecular weight excluding hydrogens is 836 g/mol. The van der Waals surface area contributed by atoms with Gasteiger partial charge in [0, 0.05) is 43.7 Å². The van der Waals surface area contributed by atoms with Crippen molar-refractivity contribution in [3.05, 3.63) is 88.7 Å². The molecule has 2 saturated carbocycles. The van der Waals surface area contributed by atoms with Gasteiger partial charge in [0.25, 0.3) is 0 Å². The smallest absolute Gasteiger partial charge is 0.448 e. The number of halogens is 3. The van der Waals surface area contributed by atoms with E-state index in [1.807, 2.05) is 0 Å². The van der Waals surface area contributed by atoms with Gasteiger partial charge in [0.2, 0.25) is 5.76 Å². The third-order valence-corrected chi connectivity index (χ3v) is 10.9. The maximum Gasteiger partial charge on any atom is 0.448 e. The van der Waals surface area contributed by atoms with Crippen molar-refractivity contribution in [2.75, 3.05) is 0 Å². The number of carbonyl (C=O) groups is 1. The third-order valence-electron chi connectivity index (χ3n) is 10.9. The second-order valence-corrected chi connectivity index (χ2v) is 16.6. The summed E-state index contributed by atoms with van der Waals surface area (Å²) < 4.78 is 35.0. The summed E-state index contributed by atoms with van der Waals surface area (Å²) in [5, 5.41) is 12.3. The zero-order chi connectivity index (χ0) is 37.1. The number of aryl methyl sites for hydroxylation is 2. The Morgan fingerprint density at radius 1 is 0.923 bits per heavy atom. The predicted octanol–water partition coefficient (Wildman–Crippen LogP) is 13.2. The predicted molar refractivity (Wildman–Crippen MR) is 204 cm³/mol. The van der Waals surface area contributed by atoms with E-state index in [0.29, 0.717) is 5.92 Å². The average Bonchev–Trinajstić information content (AvgIpc) is 3.06. The fourth-order valence-electron chi connectivity index (χ4n) is 8.44. The van der Waals surface area contributed by atoms with Crippen molar-refractivity contribution in [1.82, 2.24) is 4.98 Å². The van der Waals surface area contributed by atoms with Gasteiger partial charge < -0.3 is 5.11 Å². The van der Waals surface area contributed by atoms with Crippen LogP contribution in [0.2, 0.25) is 0 Å². The zero-order valence-corrected chi connectivity index (χ0v) is 34.2. The van der Waals surface area contributed by atoms with Crippen molar-refractivity contribution >= 4 is 27.5 Å². The Labute approximate surface area is 322 Å². The van der Waals surface area contributed by atoms with Gasteiger partial charge in [-0.25, -0.2) is 0 Å². The molecule has 6 rings (SSSR count). The average molecular weight is 891 g/mol. The van der Waals surface area contributed by atoms with E-state index in [-0.39, 0.29) is 43.9 Å². The molecule has 0 bridgehead atoms. The molecule has 4 aromatic rings. The SMILES string of the molecule is CC(C)CC(=O)/C=C(\O)C(F)(F)F.Cc1cc(C)c2c(C3CCC(C4CCCCC4)CC3)cc(-c3[c-]c4ccccc4c(C(C)(C)C)c3)nc2c1.[Ir]. The number of benzene rings is 3. The number of rotatable bonds is 6. The van der Waals surface area contributed by atoms with Crippen LogP contribution in [0.5, 0.6) is 0 Å². The van der Waals surface area contributed by atoms with Gasteiger partial charge in [-0.1, -0.05) is 108 Å². The Morgan fingerprint density at radius 2 is 1.56 bits per heavy atom. The number of alkyl halides is 3. The number of fused-ring (bicyclic) bond motifs is 2. The van der Waals surface area contributed by atoms with Gasteiger partial charge in [-0.3, -0.25) is 9.78 Å². The van der Waals surface area contributed by atoms with Crippen molar-refractivity contribution in [3.8, 4) is 11.3 Å². The Hall–Kier alpha value is -3.02. The first-order chi connectivity index (χ1) is 24.0. The molecule has 0 amide bonds. The van der Waals surface area contributed by atoms with Crippen molar-refractivity contribution in [2.24, 2.45) is 17.8 Å². The fraction of sp³-hybridized carbons (Fsp3) is 0.511. The number of hydrogen-bond acceptors (Lipinski definition) is 3. The number of pyridine rings is 1. The molecule has 1 heterocycles. The number of carbonyl (C=O) groups excluding carboxylic acids is 1. The minimum absolute atomic E-state index is 0. The first-order valence-electron chi connectivity index (χ1n) is 18.9. The molecule has 52 heavy (non-hydrogen) atoms. The van der Waals surface area contributed by atoms with Crippen LogP contribution < -0.4 is 0 Å². The molecular formula is C45H55F3IrNO2-. The number of aliphatic hydroxyl groups is 1. The number of hydrogen-bond donors (Lipinski definition) is 1. The summed E-state index contributed by atoms with van der Waals surface area (Å²) in [6, 6.07) is 22.0. The minimum Gasteiger partial charge on any atom is -0.504 e. The molecule has 1 radical (unpaired) electrons. The molecule has 283 valence electrons. The van der Waals surface area contributed by atoms with Crippen LogP contribution in [0.4, 0.5) is 13.2 Å². The summed E-state index contributed by atoms with van der Waals surface area (Å²) in [5.74, 6) is -0.0109. The van der Waals surface area contributed by atoms with Crippen LogP contribution in [0, 0.1) is 37.7 Å². The largest absolute Gasteiger partial charge is 0.504 e. The number of aliphatic hydroxyl groups excluding tert-OH is 1. The summed E-state index contributed by atoms with van der Waals surface area (Å²) in [7, 11) is 0. The number of allylic oxidation sites excluding steroid dienone is 2. The Kier molecular flexibility index (Phi) is 14.0. The molecule has 1 aromatic heterocycles. The van der Waals surface area contributed by atoms with Crippen molar-refractivity contribution < 1.29 is 43.2 Å². The normalized spacial score (nSPS) is 18.9. The summed E-state index contributed by atoms with van der Waals surface area (Å²) in [5.41, 5.74) is 9.00. The van der Waals surface area contributed by atoms with E-state index in [9.17, 15) is 18.0 Å². The van der Waals surface area contributed by atoms with Crippen molar-refractivity contribution in [2.45, 2.75) is 130 Å². The maximum absolute atomic E-state index is 11.7. The van der Waals surface area contributed by atoms with Crippen LogP contribution in [0.1, 0.15) is 127 Å². The van der Waals surface area contributed by atoms with Crippen LogP contribution >= 0.6 is 0 Å². The van der Waals surface area contributed by atoms with Gasteiger partial charge in [-0.05, 0) is 91.4 Å². The van der Waals surface area contributed by atoms with E-state index < -0.39 is 17.7 Å². The fourth-order valence-corrected chi connectivity index (χ4v) is 8.44. The quantitative estimate of drug-likeness (QED) is 0.119. The molecule has 0 saturated heterocycles. The van der Waals surface area contributed by atoms with Crippen molar-refractivity contribution in [1.29, 1.82) is 0 Å². The van der Waals surface area contributed by atoms with Crippen LogP contribution in [0.25, 0.3) is 32.9 Å². The van der Waals surface area contributed by atoms with E-state index >= 15 is 0 Å². The van der Waals surface area contributed by atoms with Crippen LogP contribution in [-0.4, -0.2) is 22.1 Å². The molecule has 0 spiro atoms. The minimum atomic E-state index is -4.83. The molecule has 2 aliphatic rings. The molecule has 0 unspecified atom stereocenters. The van der Waals surface area contributed by atoms with E-state index in [4.69, 9.17) is 10.1 Å². The van der Waals surface area contributed by atoms with Gasteiger partial charge in [-0.2, -0.15) is 13.2 Å². The number of aromatic nitrogens is 1.